The number of anilines is 1. The van der Waals surface area contributed by atoms with Crippen molar-refractivity contribution in [2.24, 2.45) is 0 Å². The van der Waals surface area contributed by atoms with Crippen LogP contribution in [0.25, 0.3) is 11.2 Å². The summed E-state index contributed by atoms with van der Waals surface area (Å²) in [5.41, 5.74) is 0.633. The van der Waals surface area contributed by atoms with Gasteiger partial charge in [0.1, 0.15) is 47.6 Å². The van der Waals surface area contributed by atoms with E-state index in [1.165, 1.54) is 0 Å². The van der Waals surface area contributed by atoms with Crippen LogP contribution in [0.2, 0.25) is 5.02 Å². The number of rotatable bonds is 7. The molecular formula is C24H25ClF2N4O6. The van der Waals surface area contributed by atoms with Gasteiger partial charge in [0.05, 0.1) is 30.4 Å². The standard InChI is InChI=1S/C24H25ClF2N4O6/c25-14-6-17-23(31-24(29-17)37-19-10-35-20-18(32)9-34-21(19)20)30-22(14)28-7-13-15(26)4-12(5-16(13)27)36-11-2-1-3-33-8-11/h4-6,11,18-21,32H,1-3,7-10H2,(H2,28,29,30,31)/t11?,18-,19-,20-,21-/m1/s1. The minimum atomic E-state index is -0.747. The van der Waals surface area contributed by atoms with Gasteiger partial charge in [0, 0.05) is 30.8 Å². The summed E-state index contributed by atoms with van der Waals surface area (Å²) in [7, 11) is 0. The summed E-state index contributed by atoms with van der Waals surface area (Å²) < 4.78 is 57.5. The minimum Gasteiger partial charge on any atom is -0.488 e. The lowest BCUT2D eigenvalue weighted by Crippen LogP contribution is -2.34. The first-order valence-corrected chi connectivity index (χ1v) is 12.4. The molecule has 3 saturated heterocycles. The van der Waals surface area contributed by atoms with Crippen LogP contribution in [0.15, 0.2) is 18.2 Å². The largest absolute Gasteiger partial charge is 0.488 e. The topological polar surface area (TPSA) is 120 Å². The zero-order valence-electron chi connectivity index (χ0n) is 19.6. The number of benzene rings is 1. The predicted octanol–water partition coefficient (Wildman–Crippen LogP) is 2.97. The van der Waals surface area contributed by atoms with Crippen LogP contribution in [0.3, 0.4) is 0 Å². The number of fused-ring (bicyclic) bond motifs is 2. The van der Waals surface area contributed by atoms with Crippen LogP contribution in [0.1, 0.15) is 18.4 Å². The molecule has 5 atom stereocenters. The van der Waals surface area contributed by atoms with Crippen LogP contribution in [0.4, 0.5) is 14.6 Å². The molecule has 3 aliphatic rings. The van der Waals surface area contributed by atoms with Crippen molar-refractivity contribution in [1.82, 2.24) is 15.0 Å². The van der Waals surface area contributed by atoms with Gasteiger partial charge in [-0.05, 0) is 18.9 Å². The molecule has 0 amide bonds. The van der Waals surface area contributed by atoms with Gasteiger partial charge in [0.25, 0.3) is 6.01 Å². The SMILES string of the molecule is O[C@@H]1CO[C@H]2[C@@H]1OC[C@H]2Oc1nc2nc(NCc3c(F)cc(OC4CCCOC4)cc3F)c(Cl)cc2[nH]1. The highest BCUT2D eigenvalue weighted by molar-refractivity contribution is 6.33. The van der Waals surface area contributed by atoms with E-state index in [2.05, 4.69) is 20.3 Å². The van der Waals surface area contributed by atoms with Crippen LogP contribution >= 0.6 is 11.6 Å². The molecule has 3 aliphatic heterocycles. The fourth-order valence-electron chi connectivity index (χ4n) is 4.75. The summed E-state index contributed by atoms with van der Waals surface area (Å²) in [6, 6.07) is 4.10. The van der Waals surface area contributed by atoms with Gasteiger partial charge in [-0.1, -0.05) is 11.6 Å². The highest BCUT2D eigenvalue weighted by Crippen LogP contribution is 2.31. The molecule has 6 rings (SSSR count). The maximum atomic E-state index is 14.7. The first-order valence-electron chi connectivity index (χ1n) is 12.0. The van der Waals surface area contributed by atoms with Crippen LogP contribution < -0.4 is 14.8 Å². The smallest absolute Gasteiger partial charge is 0.296 e. The molecule has 3 N–H and O–H groups in total. The van der Waals surface area contributed by atoms with E-state index in [0.717, 1.165) is 25.0 Å². The number of aromatic nitrogens is 3. The number of aliphatic hydroxyl groups is 1. The maximum absolute atomic E-state index is 14.7. The lowest BCUT2D eigenvalue weighted by molar-refractivity contribution is 0.00706. The first kappa shape index (κ1) is 24.6. The normalized spacial score (nSPS) is 27.4. The number of hydrogen-bond donors (Lipinski definition) is 3. The molecule has 1 aromatic carbocycles. The van der Waals surface area contributed by atoms with E-state index in [1.54, 1.807) is 6.07 Å². The molecule has 0 spiro atoms. The van der Waals surface area contributed by atoms with Gasteiger partial charge < -0.3 is 39.1 Å². The lowest BCUT2D eigenvalue weighted by atomic mass is 10.1. The van der Waals surface area contributed by atoms with E-state index in [0.29, 0.717) is 24.4 Å². The monoisotopic (exact) mass is 538 g/mol. The second kappa shape index (κ2) is 10.2. The molecule has 198 valence electrons. The summed E-state index contributed by atoms with van der Waals surface area (Å²) >= 11 is 6.35. The van der Waals surface area contributed by atoms with Crippen molar-refractivity contribution in [3.8, 4) is 11.8 Å². The number of aliphatic hydroxyl groups excluding tert-OH is 1. The van der Waals surface area contributed by atoms with Crippen LogP contribution in [-0.4, -0.2) is 77.0 Å². The minimum absolute atomic E-state index is 0.118. The van der Waals surface area contributed by atoms with Gasteiger partial charge >= 0.3 is 0 Å². The third-order valence-corrected chi connectivity index (χ3v) is 6.91. The molecule has 3 aromatic rings. The van der Waals surface area contributed by atoms with E-state index in [9.17, 15) is 13.9 Å². The van der Waals surface area contributed by atoms with Crippen molar-refractivity contribution < 1.29 is 37.6 Å². The number of pyridine rings is 1. The Hall–Kier alpha value is -2.77. The van der Waals surface area contributed by atoms with Crippen LogP contribution in [-0.2, 0) is 20.8 Å². The average Bonchev–Trinajstić information content (AvgIpc) is 3.56. The molecule has 5 heterocycles. The molecule has 13 heteroatoms. The third-order valence-electron chi connectivity index (χ3n) is 6.62. The second-order valence-electron chi connectivity index (χ2n) is 9.23. The van der Waals surface area contributed by atoms with Gasteiger partial charge in [-0.3, -0.25) is 0 Å². The van der Waals surface area contributed by atoms with Crippen molar-refractivity contribution in [2.75, 3.05) is 31.7 Å². The molecule has 0 aliphatic carbocycles. The Kier molecular flexibility index (Phi) is 6.76. The van der Waals surface area contributed by atoms with E-state index < -0.39 is 36.1 Å². The van der Waals surface area contributed by atoms with Crippen LogP contribution in [0.5, 0.6) is 11.8 Å². The average molecular weight is 539 g/mol. The van der Waals surface area contributed by atoms with Crippen molar-refractivity contribution in [2.45, 2.75) is 49.9 Å². The van der Waals surface area contributed by atoms with Crippen molar-refractivity contribution in [1.29, 1.82) is 0 Å². The molecule has 2 aromatic heterocycles. The van der Waals surface area contributed by atoms with E-state index in [-0.39, 0.29) is 54.0 Å². The zero-order valence-corrected chi connectivity index (χ0v) is 20.3. The molecule has 0 bridgehead atoms. The van der Waals surface area contributed by atoms with E-state index in [1.807, 2.05) is 0 Å². The number of ether oxygens (including phenoxy) is 5. The highest BCUT2D eigenvalue weighted by atomic mass is 35.5. The Labute approximate surface area is 215 Å². The van der Waals surface area contributed by atoms with Gasteiger partial charge in [-0.2, -0.15) is 4.98 Å². The Balaban J connectivity index is 1.13. The van der Waals surface area contributed by atoms with Gasteiger partial charge in [-0.25, -0.2) is 13.8 Å². The first-order chi connectivity index (χ1) is 17.9. The number of H-pyrrole nitrogens is 1. The summed E-state index contributed by atoms with van der Waals surface area (Å²) in [6.07, 6.45) is -0.573. The fraction of sp³-hybridized carbons (Fsp3) is 0.500. The summed E-state index contributed by atoms with van der Waals surface area (Å²) in [5, 5.41) is 13.0. The second-order valence-corrected chi connectivity index (χ2v) is 9.63. The van der Waals surface area contributed by atoms with Crippen LogP contribution in [0, 0.1) is 11.6 Å². The number of nitrogens with one attached hydrogen (secondary N) is 2. The number of imidazole rings is 1. The predicted molar refractivity (Wildman–Crippen MR) is 127 cm³/mol. The summed E-state index contributed by atoms with van der Waals surface area (Å²) in [5.74, 6) is -1.17. The maximum Gasteiger partial charge on any atom is 0.296 e. The molecule has 1 unspecified atom stereocenters. The molecule has 0 saturated carbocycles. The van der Waals surface area contributed by atoms with Crippen molar-refractivity contribution in [3.05, 3.63) is 40.4 Å². The Morgan fingerprint density at radius 3 is 2.68 bits per heavy atom. The molecular weight excluding hydrogens is 514 g/mol. The summed E-state index contributed by atoms with van der Waals surface area (Å²) in [4.78, 5) is 11.7. The third kappa shape index (κ3) is 5.04. The van der Waals surface area contributed by atoms with Gasteiger partial charge in [-0.15, -0.1) is 0 Å². The number of aromatic amines is 1. The molecule has 10 nitrogen and oxygen atoms in total. The number of halogens is 3. The number of hydrogen-bond acceptors (Lipinski definition) is 9. The lowest BCUT2D eigenvalue weighted by Gasteiger charge is -2.23. The molecule has 3 fully saturated rings. The van der Waals surface area contributed by atoms with E-state index in [4.69, 9.17) is 35.3 Å². The summed E-state index contributed by atoms with van der Waals surface area (Å²) in [6.45, 7) is 1.30. The fourth-order valence-corrected chi connectivity index (χ4v) is 4.97. The van der Waals surface area contributed by atoms with Gasteiger partial charge in [0.2, 0.25) is 0 Å². The highest BCUT2D eigenvalue weighted by Gasteiger charge is 2.48. The molecule has 0 radical (unpaired) electrons. The zero-order chi connectivity index (χ0) is 25.5. The Morgan fingerprint density at radius 1 is 1.08 bits per heavy atom. The molecule has 37 heavy (non-hydrogen) atoms. The van der Waals surface area contributed by atoms with Gasteiger partial charge in [0.15, 0.2) is 11.8 Å². The van der Waals surface area contributed by atoms with Crippen molar-refractivity contribution in [3.63, 3.8) is 0 Å². The quantitative estimate of drug-likeness (QED) is 0.417. The Morgan fingerprint density at radius 2 is 1.89 bits per heavy atom. The van der Waals surface area contributed by atoms with E-state index >= 15 is 0 Å². The Bertz CT molecular complexity index is 1270. The number of nitrogens with zero attached hydrogens (tertiary/aromatic N) is 2. The van der Waals surface area contributed by atoms with Crippen molar-refractivity contribution >= 4 is 28.6 Å².